The summed E-state index contributed by atoms with van der Waals surface area (Å²) >= 11 is 0. The molecule has 0 spiro atoms. The van der Waals surface area contributed by atoms with Gasteiger partial charge in [0.1, 0.15) is 0 Å². The molecule has 4 rings (SSSR count). The molecule has 152 valence electrons. The van der Waals surface area contributed by atoms with Crippen LogP contribution in [0.15, 0.2) is 34.0 Å². The summed E-state index contributed by atoms with van der Waals surface area (Å²) in [6.45, 7) is 8.70. The third-order valence-electron chi connectivity index (χ3n) is 5.83. The van der Waals surface area contributed by atoms with Gasteiger partial charge in [-0.3, -0.25) is 22.9 Å². The Hall–Kier alpha value is -3.09. The lowest BCUT2D eigenvalue weighted by Gasteiger charge is -2.11. The van der Waals surface area contributed by atoms with Gasteiger partial charge in [0, 0.05) is 25.5 Å². The number of aryl methyl sites for hydroxylation is 3. The van der Waals surface area contributed by atoms with Crippen LogP contribution in [0, 0.1) is 20.8 Å². The molecule has 0 fully saturated rings. The summed E-state index contributed by atoms with van der Waals surface area (Å²) in [5.41, 5.74) is 4.64. The van der Waals surface area contributed by atoms with Crippen molar-refractivity contribution < 1.29 is 0 Å². The summed E-state index contributed by atoms with van der Waals surface area (Å²) in [4.78, 5) is 30.7. The van der Waals surface area contributed by atoms with Gasteiger partial charge in [0.25, 0.3) is 5.56 Å². The van der Waals surface area contributed by atoms with Gasteiger partial charge in [0.05, 0.1) is 5.69 Å². The van der Waals surface area contributed by atoms with Crippen LogP contribution in [0.5, 0.6) is 0 Å². The molecule has 3 aromatic heterocycles. The molecule has 0 atom stereocenters. The van der Waals surface area contributed by atoms with Crippen molar-refractivity contribution in [3.63, 3.8) is 0 Å². The smallest absolute Gasteiger partial charge is 0.283 e. The Morgan fingerprint density at radius 1 is 1.07 bits per heavy atom. The Bertz CT molecular complexity index is 1350. The van der Waals surface area contributed by atoms with Crippen molar-refractivity contribution >= 4 is 16.9 Å². The van der Waals surface area contributed by atoms with Crippen LogP contribution in [-0.4, -0.2) is 23.1 Å². The van der Waals surface area contributed by atoms with E-state index in [4.69, 9.17) is 4.98 Å². The van der Waals surface area contributed by atoms with Gasteiger partial charge in [-0.15, -0.1) is 0 Å². The van der Waals surface area contributed by atoms with E-state index in [-0.39, 0.29) is 11.2 Å². The monoisotopic (exact) mass is 393 g/mol. The van der Waals surface area contributed by atoms with Crippen LogP contribution >= 0.6 is 0 Å². The molecule has 0 amide bonds. The third kappa shape index (κ3) is 2.84. The zero-order valence-corrected chi connectivity index (χ0v) is 17.7. The minimum absolute atomic E-state index is 0.273. The lowest BCUT2D eigenvalue weighted by atomic mass is 10.1. The molecule has 7 nitrogen and oxygen atoms in total. The van der Waals surface area contributed by atoms with Gasteiger partial charge in [-0.25, -0.2) is 4.79 Å². The van der Waals surface area contributed by atoms with E-state index in [1.54, 1.807) is 7.05 Å². The molecule has 0 aliphatic carbocycles. The number of hydrogen-bond acceptors (Lipinski definition) is 3. The lowest BCUT2D eigenvalue weighted by molar-refractivity contribution is 0.550. The van der Waals surface area contributed by atoms with Gasteiger partial charge in [-0.1, -0.05) is 31.9 Å². The van der Waals surface area contributed by atoms with Gasteiger partial charge in [-0.05, 0) is 44.4 Å². The maximum Gasteiger partial charge on any atom is 0.332 e. The largest absolute Gasteiger partial charge is 0.332 e. The number of rotatable bonds is 5. The second-order valence-electron chi connectivity index (χ2n) is 7.78. The second-order valence-corrected chi connectivity index (χ2v) is 7.78. The third-order valence-corrected chi connectivity index (χ3v) is 5.83. The summed E-state index contributed by atoms with van der Waals surface area (Å²) in [5, 5.41) is 0. The summed E-state index contributed by atoms with van der Waals surface area (Å²) in [5.74, 6) is 0.643. The van der Waals surface area contributed by atoms with E-state index >= 15 is 0 Å². The first-order valence-electron chi connectivity index (χ1n) is 10.1. The molecule has 4 aromatic rings. The molecular formula is C22H27N5O2. The second kappa shape index (κ2) is 7.06. The molecule has 0 aliphatic heterocycles. The van der Waals surface area contributed by atoms with Crippen LogP contribution in [0.2, 0.25) is 0 Å². The predicted octanol–water partition coefficient (Wildman–Crippen LogP) is 3.25. The van der Waals surface area contributed by atoms with Crippen molar-refractivity contribution in [3.05, 3.63) is 62.1 Å². The van der Waals surface area contributed by atoms with E-state index in [2.05, 4.69) is 32.9 Å². The van der Waals surface area contributed by atoms with Crippen LogP contribution < -0.4 is 11.2 Å². The molecule has 0 saturated heterocycles. The molecule has 29 heavy (non-hydrogen) atoms. The molecule has 7 heteroatoms. The summed E-state index contributed by atoms with van der Waals surface area (Å²) in [7, 11) is 1.68. The first kappa shape index (κ1) is 19.2. The number of imidazole rings is 2. The van der Waals surface area contributed by atoms with Crippen molar-refractivity contribution in [1.29, 1.82) is 0 Å². The van der Waals surface area contributed by atoms with Crippen molar-refractivity contribution in [1.82, 2.24) is 23.1 Å². The van der Waals surface area contributed by atoms with E-state index in [0.717, 1.165) is 36.2 Å². The first-order valence-corrected chi connectivity index (χ1v) is 10.1. The molecule has 0 bridgehead atoms. The number of fused-ring (bicyclic) bond motifs is 3. The average molecular weight is 393 g/mol. The molecular weight excluding hydrogens is 366 g/mol. The van der Waals surface area contributed by atoms with Crippen LogP contribution in [0.3, 0.4) is 0 Å². The standard InChI is InChI=1S/C22H27N5O2/c1-6-7-8-12-25-20(28)18-19(24(5)22(25)29)23-21-26(18)13-15(3)27(21)17-11-9-10-14(2)16(17)4/h9-11,13H,6-8,12H2,1-5H3. The predicted molar refractivity (Wildman–Crippen MR) is 115 cm³/mol. The highest BCUT2D eigenvalue weighted by atomic mass is 16.2. The lowest BCUT2D eigenvalue weighted by Crippen LogP contribution is -2.39. The Morgan fingerprint density at radius 2 is 1.83 bits per heavy atom. The van der Waals surface area contributed by atoms with E-state index in [1.807, 2.05) is 28.2 Å². The van der Waals surface area contributed by atoms with Gasteiger partial charge in [0.15, 0.2) is 11.2 Å². The minimum Gasteiger partial charge on any atom is -0.283 e. The zero-order valence-electron chi connectivity index (χ0n) is 17.7. The fourth-order valence-corrected chi connectivity index (χ4v) is 4.00. The fourth-order valence-electron chi connectivity index (χ4n) is 4.00. The van der Waals surface area contributed by atoms with Gasteiger partial charge in [-0.2, -0.15) is 4.98 Å². The molecule has 0 aliphatic rings. The normalized spacial score (nSPS) is 11.8. The van der Waals surface area contributed by atoms with Crippen LogP contribution in [0.1, 0.15) is 43.0 Å². The van der Waals surface area contributed by atoms with E-state index in [9.17, 15) is 9.59 Å². The molecule has 0 radical (unpaired) electrons. The summed E-state index contributed by atoms with van der Waals surface area (Å²) in [6, 6.07) is 6.15. The molecule has 0 N–H and O–H groups in total. The number of benzene rings is 1. The quantitative estimate of drug-likeness (QED) is 0.489. The molecule has 0 unspecified atom stereocenters. The first-order chi connectivity index (χ1) is 13.9. The highest BCUT2D eigenvalue weighted by Gasteiger charge is 2.21. The SMILES string of the molecule is CCCCCn1c(=O)c2c(nc3n(-c4cccc(C)c4C)c(C)cn23)n(C)c1=O. The van der Waals surface area contributed by atoms with E-state index < -0.39 is 0 Å². The molecule has 0 saturated carbocycles. The Kier molecular flexibility index (Phi) is 4.68. The Balaban J connectivity index is 2.05. The maximum atomic E-state index is 13.2. The van der Waals surface area contributed by atoms with Crippen molar-refractivity contribution in [3.8, 4) is 5.69 Å². The van der Waals surface area contributed by atoms with Crippen LogP contribution in [0.25, 0.3) is 22.6 Å². The summed E-state index contributed by atoms with van der Waals surface area (Å²) < 4.78 is 6.70. The number of unbranched alkanes of at least 4 members (excludes halogenated alkanes) is 2. The van der Waals surface area contributed by atoms with E-state index in [0.29, 0.717) is 23.5 Å². The molecule has 3 heterocycles. The van der Waals surface area contributed by atoms with Crippen LogP contribution in [-0.2, 0) is 13.6 Å². The number of aromatic nitrogens is 5. The molecule has 1 aromatic carbocycles. The highest BCUT2D eigenvalue weighted by Crippen LogP contribution is 2.24. The maximum absolute atomic E-state index is 13.2. The van der Waals surface area contributed by atoms with Crippen molar-refractivity contribution in [2.24, 2.45) is 7.05 Å². The van der Waals surface area contributed by atoms with Gasteiger partial charge >= 0.3 is 5.69 Å². The van der Waals surface area contributed by atoms with E-state index in [1.165, 1.54) is 14.7 Å². The van der Waals surface area contributed by atoms with Crippen molar-refractivity contribution in [2.75, 3.05) is 0 Å². The Labute approximate surface area is 168 Å². The summed E-state index contributed by atoms with van der Waals surface area (Å²) in [6.07, 6.45) is 4.75. The number of nitrogens with zero attached hydrogens (tertiary/aromatic N) is 5. The van der Waals surface area contributed by atoms with Crippen molar-refractivity contribution in [2.45, 2.75) is 53.5 Å². The fraction of sp³-hybridized carbons (Fsp3) is 0.409. The van der Waals surface area contributed by atoms with Gasteiger partial charge < -0.3 is 0 Å². The number of hydrogen-bond donors (Lipinski definition) is 0. The zero-order chi connectivity index (χ0) is 20.9. The topological polar surface area (TPSA) is 66.2 Å². The Morgan fingerprint density at radius 3 is 2.55 bits per heavy atom. The van der Waals surface area contributed by atoms with Gasteiger partial charge in [0.2, 0.25) is 5.78 Å². The van der Waals surface area contributed by atoms with Crippen LogP contribution in [0.4, 0.5) is 0 Å². The minimum atomic E-state index is -0.311. The average Bonchev–Trinajstić information content (AvgIpc) is 3.20. The highest BCUT2D eigenvalue weighted by molar-refractivity contribution is 5.76.